The van der Waals surface area contributed by atoms with Gasteiger partial charge in [-0.05, 0) is 43.4 Å². The molecule has 17 heavy (non-hydrogen) atoms. The highest BCUT2D eigenvalue weighted by Gasteiger charge is 2.34. The normalized spacial score (nSPS) is 17.3. The van der Waals surface area contributed by atoms with E-state index in [4.69, 9.17) is 4.74 Å². The van der Waals surface area contributed by atoms with Crippen LogP contribution in [0, 0.1) is 5.92 Å². The Morgan fingerprint density at radius 2 is 2.06 bits per heavy atom. The van der Waals surface area contributed by atoms with Gasteiger partial charge in [-0.2, -0.15) is 0 Å². The Labute approximate surface area is 110 Å². The van der Waals surface area contributed by atoms with Crippen LogP contribution < -0.4 is 0 Å². The van der Waals surface area contributed by atoms with E-state index in [1.807, 2.05) is 31.2 Å². The third kappa shape index (κ3) is 2.89. The lowest BCUT2D eigenvalue weighted by atomic mass is 9.73. The number of benzene rings is 1. The summed E-state index contributed by atoms with van der Waals surface area (Å²) in [5, 5.41) is 0. The van der Waals surface area contributed by atoms with E-state index in [1.54, 1.807) is 0 Å². The topological polar surface area (TPSA) is 26.3 Å². The van der Waals surface area contributed by atoms with Crippen LogP contribution in [0.4, 0.5) is 0 Å². The first-order chi connectivity index (χ1) is 8.22. The summed E-state index contributed by atoms with van der Waals surface area (Å²) >= 11 is 3.41. The number of carbonyl (C=O) groups excluding carboxylic acids is 1. The van der Waals surface area contributed by atoms with Gasteiger partial charge in [0.2, 0.25) is 0 Å². The molecule has 92 valence electrons. The van der Waals surface area contributed by atoms with Gasteiger partial charge in [-0.25, -0.2) is 0 Å². The van der Waals surface area contributed by atoms with Crippen LogP contribution in [0.25, 0.3) is 0 Å². The van der Waals surface area contributed by atoms with Crippen molar-refractivity contribution in [2.45, 2.75) is 32.1 Å². The third-order valence-electron chi connectivity index (χ3n) is 3.39. The first-order valence-electron chi connectivity index (χ1n) is 6.14. The minimum atomic E-state index is -0.0724. The molecule has 2 nitrogen and oxygen atoms in total. The summed E-state index contributed by atoms with van der Waals surface area (Å²) in [6.45, 7) is 2.32. The molecule has 0 bridgehead atoms. The molecule has 1 fully saturated rings. The molecule has 1 atom stereocenters. The van der Waals surface area contributed by atoms with E-state index in [9.17, 15) is 4.79 Å². The van der Waals surface area contributed by atoms with E-state index in [2.05, 4.69) is 15.9 Å². The molecule has 0 amide bonds. The van der Waals surface area contributed by atoms with E-state index in [0.717, 1.165) is 22.9 Å². The highest BCUT2D eigenvalue weighted by molar-refractivity contribution is 9.10. The van der Waals surface area contributed by atoms with E-state index in [1.165, 1.54) is 6.42 Å². The number of hydrogen-bond donors (Lipinski definition) is 0. The van der Waals surface area contributed by atoms with Crippen LogP contribution in [0.5, 0.6) is 0 Å². The minimum Gasteiger partial charge on any atom is -0.466 e. The van der Waals surface area contributed by atoms with Crippen molar-refractivity contribution in [1.82, 2.24) is 0 Å². The Hall–Kier alpha value is -0.830. The molecular weight excluding hydrogens is 280 g/mol. The SMILES string of the molecule is CCOC(=O)[C@@H](c1ccc(Br)cc1)C1CCC1. The van der Waals surface area contributed by atoms with Gasteiger partial charge in [0.25, 0.3) is 0 Å². The second-order valence-corrected chi connectivity index (χ2v) is 5.39. The van der Waals surface area contributed by atoms with Crippen LogP contribution in [0.3, 0.4) is 0 Å². The lowest BCUT2D eigenvalue weighted by molar-refractivity contribution is -0.147. The molecule has 1 aromatic rings. The highest BCUT2D eigenvalue weighted by atomic mass is 79.9. The lowest BCUT2D eigenvalue weighted by Crippen LogP contribution is -2.28. The summed E-state index contributed by atoms with van der Waals surface area (Å²) in [7, 11) is 0. The molecule has 0 radical (unpaired) electrons. The van der Waals surface area contributed by atoms with Gasteiger partial charge in [0.15, 0.2) is 0 Å². The smallest absolute Gasteiger partial charge is 0.313 e. The van der Waals surface area contributed by atoms with Crippen molar-refractivity contribution in [3.63, 3.8) is 0 Å². The Kier molecular flexibility index (Phi) is 4.21. The summed E-state index contributed by atoms with van der Waals surface area (Å²) in [5.41, 5.74) is 1.08. The molecule has 0 aromatic heterocycles. The zero-order chi connectivity index (χ0) is 12.3. The van der Waals surface area contributed by atoms with Crippen molar-refractivity contribution in [3.8, 4) is 0 Å². The number of halogens is 1. The van der Waals surface area contributed by atoms with Gasteiger partial charge in [-0.1, -0.05) is 34.5 Å². The second-order valence-electron chi connectivity index (χ2n) is 4.47. The number of rotatable bonds is 4. The molecule has 0 saturated heterocycles. The fourth-order valence-electron chi connectivity index (χ4n) is 2.28. The lowest BCUT2D eigenvalue weighted by Gasteiger charge is -2.32. The van der Waals surface area contributed by atoms with Crippen LogP contribution in [-0.4, -0.2) is 12.6 Å². The average Bonchev–Trinajstić information content (AvgIpc) is 2.25. The van der Waals surface area contributed by atoms with Gasteiger partial charge in [-0.3, -0.25) is 4.79 Å². The maximum atomic E-state index is 12.0. The van der Waals surface area contributed by atoms with Crippen molar-refractivity contribution in [1.29, 1.82) is 0 Å². The van der Waals surface area contributed by atoms with E-state index in [0.29, 0.717) is 12.5 Å². The molecule has 0 unspecified atom stereocenters. The summed E-state index contributed by atoms with van der Waals surface area (Å²) in [4.78, 5) is 12.0. The Morgan fingerprint density at radius 1 is 1.41 bits per heavy atom. The van der Waals surface area contributed by atoms with Crippen LogP contribution in [0.15, 0.2) is 28.7 Å². The maximum Gasteiger partial charge on any atom is 0.313 e. The van der Waals surface area contributed by atoms with Crippen molar-refractivity contribution >= 4 is 21.9 Å². The van der Waals surface area contributed by atoms with Gasteiger partial charge in [-0.15, -0.1) is 0 Å². The predicted octanol–water partition coefficient (Wildman–Crippen LogP) is 3.90. The first kappa shape index (κ1) is 12.6. The largest absolute Gasteiger partial charge is 0.466 e. The van der Waals surface area contributed by atoms with Gasteiger partial charge < -0.3 is 4.74 Å². The van der Waals surface area contributed by atoms with E-state index < -0.39 is 0 Å². The summed E-state index contributed by atoms with van der Waals surface area (Å²) < 4.78 is 6.23. The molecule has 0 aliphatic heterocycles. The van der Waals surface area contributed by atoms with E-state index in [-0.39, 0.29) is 11.9 Å². The monoisotopic (exact) mass is 296 g/mol. The van der Waals surface area contributed by atoms with Gasteiger partial charge in [0, 0.05) is 4.47 Å². The first-order valence-corrected chi connectivity index (χ1v) is 6.93. The van der Waals surface area contributed by atoms with Gasteiger partial charge in [0.1, 0.15) is 0 Å². The fourth-order valence-corrected chi connectivity index (χ4v) is 2.54. The van der Waals surface area contributed by atoms with Crippen LogP contribution in [-0.2, 0) is 9.53 Å². The third-order valence-corrected chi connectivity index (χ3v) is 3.92. The number of carbonyl (C=O) groups is 1. The fraction of sp³-hybridized carbons (Fsp3) is 0.500. The van der Waals surface area contributed by atoms with Gasteiger partial charge in [0.05, 0.1) is 12.5 Å². The molecule has 3 heteroatoms. The maximum absolute atomic E-state index is 12.0. The van der Waals surface area contributed by atoms with E-state index >= 15 is 0 Å². The van der Waals surface area contributed by atoms with Crippen molar-refractivity contribution in [2.75, 3.05) is 6.61 Å². The van der Waals surface area contributed by atoms with Crippen molar-refractivity contribution < 1.29 is 9.53 Å². The van der Waals surface area contributed by atoms with Crippen LogP contribution >= 0.6 is 15.9 Å². The summed E-state index contributed by atoms with van der Waals surface area (Å²) in [6.07, 6.45) is 3.51. The highest BCUT2D eigenvalue weighted by Crippen LogP contribution is 2.40. The Bertz CT molecular complexity index is 382. The summed E-state index contributed by atoms with van der Waals surface area (Å²) in [5.74, 6) is 0.326. The molecule has 1 aromatic carbocycles. The van der Waals surface area contributed by atoms with Crippen molar-refractivity contribution in [3.05, 3.63) is 34.3 Å². The molecule has 1 aliphatic rings. The number of ether oxygens (including phenoxy) is 1. The molecule has 0 heterocycles. The zero-order valence-electron chi connectivity index (χ0n) is 9.99. The number of esters is 1. The van der Waals surface area contributed by atoms with Gasteiger partial charge >= 0.3 is 5.97 Å². The second kappa shape index (κ2) is 5.67. The molecule has 2 rings (SSSR count). The summed E-state index contributed by atoms with van der Waals surface area (Å²) in [6, 6.07) is 8.01. The Balaban J connectivity index is 2.19. The molecule has 1 aliphatic carbocycles. The molecule has 1 saturated carbocycles. The molecule has 0 N–H and O–H groups in total. The average molecular weight is 297 g/mol. The molecular formula is C14H17BrO2. The van der Waals surface area contributed by atoms with Crippen molar-refractivity contribution in [2.24, 2.45) is 5.92 Å². The van der Waals surface area contributed by atoms with Crippen LogP contribution in [0.1, 0.15) is 37.7 Å². The minimum absolute atomic E-state index is 0.0699. The Morgan fingerprint density at radius 3 is 2.53 bits per heavy atom. The standard InChI is InChI=1S/C14H17BrO2/c1-2-17-14(16)13(10-4-3-5-10)11-6-8-12(15)9-7-11/h6-10,13H,2-5H2,1H3/t13-/m1/s1. The van der Waals surface area contributed by atoms with Crippen LogP contribution in [0.2, 0.25) is 0 Å². The predicted molar refractivity (Wildman–Crippen MR) is 70.9 cm³/mol. The number of hydrogen-bond acceptors (Lipinski definition) is 2. The quantitative estimate of drug-likeness (QED) is 0.788. The zero-order valence-corrected chi connectivity index (χ0v) is 11.6. The molecule has 0 spiro atoms.